The van der Waals surface area contributed by atoms with E-state index in [1.807, 2.05) is 0 Å². The molecule has 0 aliphatic carbocycles. The first kappa shape index (κ1) is 17.0. The third-order valence-electron chi connectivity index (χ3n) is 3.66. The van der Waals surface area contributed by atoms with Gasteiger partial charge >= 0.3 is 0 Å². The van der Waals surface area contributed by atoms with Crippen LogP contribution in [0.3, 0.4) is 0 Å². The summed E-state index contributed by atoms with van der Waals surface area (Å²) in [7, 11) is 1.40. The number of amides is 1. The molecule has 3 nitrogen and oxygen atoms in total. The minimum absolute atomic E-state index is 0.0316. The lowest BCUT2D eigenvalue weighted by Crippen LogP contribution is -2.40. The molecule has 0 bridgehead atoms. The molecule has 0 aromatic heterocycles. The largest absolute Gasteiger partial charge is 0.372 e. The van der Waals surface area contributed by atoms with Crippen molar-refractivity contribution >= 4 is 5.91 Å². The third-order valence-corrected chi connectivity index (χ3v) is 3.66. The number of nitrogens with one attached hydrogen (secondary N) is 1. The molecule has 0 aliphatic heterocycles. The molecule has 0 unspecified atom stereocenters. The maximum Gasteiger partial charge on any atom is 0.251 e. The van der Waals surface area contributed by atoms with Gasteiger partial charge in [0.2, 0.25) is 0 Å². The van der Waals surface area contributed by atoms with Gasteiger partial charge in [-0.3, -0.25) is 4.79 Å². The van der Waals surface area contributed by atoms with Gasteiger partial charge in [0.1, 0.15) is 11.4 Å². The van der Waals surface area contributed by atoms with Crippen LogP contribution < -0.4 is 5.32 Å². The van der Waals surface area contributed by atoms with E-state index in [2.05, 4.69) is 5.32 Å². The summed E-state index contributed by atoms with van der Waals surface area (Å²) in [6.07, 6.45) is 0. The second-order valence-corrected chi connectivity index (χ2v) is 5.23. The normalized spacial score (nSPS) is 13.4. The van der Waals surface area contributed by atoms with Crippen molar-refractivity contribution in [2.75, 3.05) is 13.7 Å². The van der Waals surface area contributed by atoms with Gasteiger partial charge in [-0.25, -0.2) is 13.2 Å². The maximum absolute atomic E-state index is 13.9. The summed E-state index contributed by atoms with van der Waals surface area (Å²) >= 11 is 0. The van der Waals surface area contributed by atoms with Gasteiger partial charge in [0.15, 0.2) is 11.6 Å². The van der Waals surface area contributed by atoms with E-state index in [1.54, 1.807) is 25.1 Å². The molecular weight excluding hydrogens is 307 g/mol. The molecule has 122 valence electrons. The lowest BCUT2D eigenvalue weighted by molar-refractivity contribution is 0.000386. The highest BCUT2D eigenvalue weighted by atomic mass is 19.2. The number of methoxy groups -OCH3 is 1. The Morgan fingerprint density at radius 3 is 2.39 bits per heavy atom. The highest BCUT2D eigenvalue weighted by Gasteiger charge is 2.30. The summed E-state index contributed by atoms with van der Waals surface area (Å²) in [5.41, 5.74) is -0.844. The SMILES string of the molecule is CO[C@@](C)(CNC(=O)c1ccc(F)c(F)c1)c1ccccc1F. The Morgan fingerprint density at radius 1 is 1.09 bits per heavy atom. The van der Waals surface area contributed by atoms with Gasteiger partial charge in [-0.05, 0) is 31.2 Å². The summed E-state index contributed by atoms with van der Waals surface area (Å²) in [6.45, 7) is 1.58. The number of hydrogen-bond acceptors (Lipinski definition) is 2. The molecule has 2 aromatic rings. The van der Waals surface area contributed by atoms with Gasteiger partial charge in [0.25, 0.3) is 5.91 Å². The fourth-order valence-corrected chi connectivity index (χ4v) is 2.16. The molecule has 0 saturated heterocycles. The van der Waals surface area contributed by atoms with Gasteiger partial charge < -0.3 is 10.1 Å². The van der Waals surface area contributed by atoms with Gasteiger partial charge in [-0.15, -0.1) is 0 Å². The predicted octanol–water partition coefficient (Wildman–Crippen LogP) is 3.40. The molecule has 1 N–H and O–H groups in total. The highest BCUT2D eigenvalue weighted by Crippen LogP contribution is 2.26. The second kappa shape index (κ2) is 6.83. The lowest BCUT2D eigenvalue weighted by Gasteiger charge is -2.29. The summed E-state index contributed by atoms with van der Waals surface area (Å²) in [6, 6.07) is 8.91. The molecule has 0 heterocycles. The van der Waals surface area contributed by atoms with Crippen LogP contribution in [-0.4, -0.2) is 19.6 Å². The van der Waals surface area contributed by atoms with Gasteiger partial charge in [0, 0.05) is 18.2 Å². The van der Waals surface area contributed by atoms with Gasteiger partial charge in [0.05, 0.1) is 6.54 Å². The van der Waals surface area contributed by atoms with Crippen LogP contribution in [-0.2, 0) is 10.3 Å². The van der Waals surface area contributed by atoms with E-state index in [0.29, 0.717) is 0 Å². The Balaban J connectivity index is 2.15. The zero-order chi connectivity index (χ0) is 17.0. The van der Waals surface area contributed by atoms with Crippen LogP contribution in [0.25, 0.3) is 0 Å². The molecule has 2 aromatic carbocycles. The van der Waals surface area contributed by atoms with Crippen molar-refractivity contribution in [3.63, 3.8) is 0 Å². The van der Waals surface area contributed by atoms with E-state index in [0.717, 1.165) is 12.1 Å². The molecule has 1 atom stereocenters. The van der Waals surface area contributed by atoms with E-state index in [4.69, 9.17) is 4.74 Å². The molecule has 0 fully saturated rings. The molecule has 23 heavy (non-hydrogen) atoms. The first-order valence-corrected chi connectivity index (χ1v) is 6.91. The van der Waals surface area contributed by atoms with Gasteiger partial charge in [-0.2, -0.15) is 0 Å². The zero-order valence-corrected chi connectivity index (χ0v) is 12.7. The Hall–Kier alpha value is -2.34. The first-order valence-electron chi connectivity index (χ1n) is 6.91. The van der Waals surface area contributed by atoms with Crippen LogP contribution in [0.5, 0.6) is 0 Å². The number of hydrogen-bond donors (Lipinski definition) is 1. The van der Waals surface area contributed by atoms with Crippen molar-refractivity contribution in [3.8, 4) is 0 Å². The average Bonchev–Trinajstić information content (AvgIpc) is 2.55. The monoisotopic (exact) mass is 323 g/mol. The molecule has 6 heteroatoms. The van der Waals surface area contributed by atoms with Gasteiger partial charge in [-0.1, -0.05) is 18.2 Å². The standard InChI is InChI=1S/C17H16F3NO2/c1-17(23-2,12-5-3-4-6-13(12)18)10-21-16(22)11-7-8-14(19)15(20)9-11/h3-9H,10H2,1-2H3,(H,21,22)/t17-/m0/s1. The summed E-state index contributed by atoms with van der Waals surface area (Å²) in [5, 5.41) is 2.54. The van der Waals surface area contributed by atoms with Crippen molar-refractivity contribution in [3.05, 3.63) is 71.0 Å². The summed E-state index contributed by atoms with van der Waals surface area (Å²) in [4.78, 5) is 12.0. The van der Waals surface area contributed by atoms with E-state index < -0.39 is 29.0 Å². The predicted molar refractivity (Wildman–Crippen MR) is 79.5 cm³/mol. The number of benzene rings is 2. The summed E-state index contributed by atoms with van der Waals surface area (Å²) < 4.78 is 45.3. The number of halogens is 3. The molecule has 2 rings (SSSR count). The second-order valence-electron chi connectivity index (χ2n) is 5.23. The molecule has 0 radical (unpaired) electrons. The Labute approximate surface area is 132 Å². The minimum atomic E-state index is -1.11. The van der Waals surface area contributed by atoms with E-state index in [9.17, 15) is 18.0 Å². The number of ether oxygens (including phenoxy) is 1. The Morgan fingerprint density at radius 2 is 1.78 bits per heavy atom. The van der Waals surface area contributed by atoms with Crippen LogP contribution in [0, 0.1) is 17.5 Å². The maximum atomic E-state index is 13.9. The average molecular weight is 323 g/mol. The Kier molecular flexibility index (Phi) is 5.05. The molecule has 0 saturated carbocycles. The van der Waals surface area contributed by atoms with Crippen molar-refractivity contribution in [1.29, 1.82) is 0 Å². The van der Waals surface area contributed by atoms with Crippen LogP contribution in [0.1, 0.15) is 22.8 Å². The van der Waals surface area contributed by atoms with Crippen LogP contribution >= 0.6 is 0 Å². The summed E-state index contributed by atoms with van der Waals surface area (Å²) in [5.74, 6) is -3.21. The number of rotatable bonds is 5. The van der Waals surface area contributed by atoms with Crippen LogP contribution in [0.15, 0.2) is 42.5 Å². The first-order chi connectivity index (χ1) is 10.9. The molecule has 0 aliphatic rings. The third kappa shape index (κ3) is 3.71. The van der Waals surface area contributed by atoms with Crippen molar-refractivity contribution in [2.45, 2.75) is 12.5 Å². The molecular formula is C17H16F3NO2. The number of carbonyl (C=O) groups excluding carboxylic acids is 1. The smallest absolute Gasteiger partial charge is 0.251 e. The fourth-order valence-electron chi connectivity index (χ4n) is 2.16. The highest BCUT2D eigenvalue weighted by molar-refractivity contribution is 5.94. The molecule has 0 spiro atoms. The Bertz CT molecular complexity index is 721. The minimum Gasteiger partial charge on any atom is -0.372 e. The topological polar surface area (TPSA) is 38.3 Å². The quantitative estimate of drug-likeness (QED) is 0.916. The fraction of sp³-hybridized carbons (Fsp3) is 0.235. The molecule has 1 amide bonds. The van der Waals surface area contributed by atoms with Crippen LogP contribution in [0.2, 0.25) is 0 Å². The van der Waals surface area contributed by atoms with E-state index in [-0.39, 0.29) is 17.7 Å². The van der Waals surface area contributed by atoms with Crippen LogP contribution in [0.4, 0.5) is 13.2 Å². The number of carbonyl (C=O) groups is 1. The van der Waals surface area contributed by atoms with Crippen molar-refractivity contribution < 1.29 is 22.7 Å². The van der Waals surface area contributed by atoms with Crippen molar-refractivity contribution in [1.82, 2.24) is 5.32 Å². The zero-order valence-electron chi connectivity index (χ0n) is 12.7. The van der Waals surface area contributed by atoms with E-state index in [1.165, 1.54) is 19.2 Å². The van der Waals surface area contributed by atoms with Crippen molar-refractivity contribution in [2.24, 2.45) is 0 Å². The lowest BCUT2D eigenvalue weighted by atomic mass is 9.95. The van der Waals surface area contributed by atoms with E-state index >= 15 is 0 Å².